The Kier molecular flexibility index (Phi) is 4.91. The van der Waals surface area contributed by atoms with Crippen molar-refractivity contribution in [3.05, 3.63) is 15.4 Å². The van der Waals surface area contributed by atoms with Crippen LogP contribution in [0.25, 0.3) is 0 Å². The first-order valence-corrected chi connectivity index (χ1v) is 6.22. The van der Waals surface area contributed by atoms with Crippen LogP contribution in [0, 0.1) is 0 Å². The van der Waals surface area contributed by atoms with E-state index in [9.17, 15) is 8.68 Å². The van der Waals surface area contributed by atoms with Crippen molar-refractivity contribution in [3.63, 3.8) is 0 Å². The number of ether oxygens (including phenoxy) is 1. The highest BCUT2D eigenvalue weighted by Gasteiger charge is 2.13. The minimum atomic E-state index is -0.326. The van der Waals surface area contributed by atoms with Crippen LogP contribution >= 0.6 is 39.4 Å². The van der Waals surface area contributed by atoms with Crippen molar-refractivity contribution >= 4 is 45.4 Å². The summed E-state index contributed by atoms with van der Waals surface area (Å²) in [7, 11) is 0. The van der Waals surface area contributed by atoms with Crippen LogP contribution in [0.4, 0.5) is 3.89 Å². The number of rotatable bonds is 4. The molecule has 0 aliphatic carbocycles. The van der Waals surface area contributed by atoms with Gasteiger partial charge in [-0.05, 0) is 34.5 Å². The van der Waals surface area contributed by atoms with E-state index in [0.29, 0.717) is 16.4 Å². The second kappa shape index (κ2) is 5.72. The van der Waals surface area contributed by atoms with E-state index in [4.69, 9.17) is 4.74 Å². The zero-order valence-corrected chi connectivity index (χ0v) is 10.6. The second-order valence-corrected chi connectivity index (χ2v) is 5.67. The zero-order valence-electron chi connectivity index (χ0n) is 7.38. The minimum Gasteiger partial charge on any atom is -0.466 e. The van der Waals surface area contributed by atoms with E-state index in [1.165, 1.54) is 11.3 Å². The van der Waals surface area contributed by atoms with Gasteiger partial charge in [-0.2, -0.15) is 3.89 Å². The van der Waals surface area contributed by atoms with E-state index >= 15 is 0 Å². The number of carbonyl (C=O) groups is 1. The highest BCUT2D eigenvalue weighted by molar-refractivity contribution is 9.11. The SMILES string of the molecule is CCOC(=O)Cc1cc(Br)sc1SF. The van der Waals surface area contributed by atoms with E-state index < -0.39 is 0 Å². The predicted molar refractivity (Wildman–Crippen MR) is 59.3 cm³/mol. The third-order valence-electron chi connectivity index (χ3n) is 1.45. The van der Waals surface area contributed by atoms with Gasteiger partial charge in [0.15, 0.2) is 0 Å². The molecule has 0 spiro atoms. The molecule has 0 bridgehead atoms. The Morgan fingerprint density at radius 1 is 1.79 bits per heavy atom. The van der Waals surface area contributed by atoms with Crippen LogP contribution in [0.2, 0.25) is 0 Å². The quantitative estimate of drug-likeness (QED) is 0.795. The first kappa shape index (κ1) is 12.0. The van der Waals surface area contributed by atoms with Gasteiger partial charge in [0.25, 0.3) is 0 Å². The van der Waals surface area contributed by atoms with Gasteiger partial charge in [-0.15, -0.1) is 11.3 Å². The lowest BCUT2D eigenvalue weighted by atomic mass is 10.2. The summed E-state index contributed by atoms with van der Waals surface area (Å²) in [4.78, 5) is 11.1. The van der Waals surface area contributed by atoms with E-state index in [0.717, 1.165) is 3.79 Å². The molecule has 0 aromatic carbocycles. The van der Waals surface area contributed by atoms with E-state index in [1.807, 2.05) is 0 Å². The van der Waals surface area contributed by atoms with Gasteiger partial charge >= 0.3 is 5.97 Å². The number of esters is 1. The van der Waals surface area contributed by atoms with Crippen molar-refractivity contribution < 1.29 is 13.4 Å². The average molecular weight is 299 g/mol. The molecule has 2 nitrogen and oxygen atoms in total. The molecular weight excluding hydrogens is 291 g/mol. The summed E-state index contributed by atoms with van der Waals surface area (Å²) in [6.45, 7) is 2.09. The van der Waals surface area contributed by atoms with Crippen LogP contribution in [0.1, 0.15) is 12.5 Å². The summed E-state index contributed by atoms with van der Waals surface area (Å²) in [5, 5.41) is 0. The summed E-state index contributed by atoms with van der Waals surface area (Å²) in [5.41, 5.74) is 0.674. The standard InChI is InChI=1S/C8H8BrFO2S2/c1-2-12-7(11)4-5-3-6(9)13-8(5)14-10/h3H,2,4H2,1H3. The Morgan fingerprint density at radius 3 is 3.07 bits per heavy atom. The summed E-state index contributed by atoms with van der Waals surface area (Å²) in [6.07, 6.45) is 0.127. The van der Waals surface area contributed by atoms with Crippen LogP contribution in [-0.2, 0) is 16.0 Å². The maximum Gasteiger partial charge on any atom is 0.310 e. The molecule has 1 heterocycles. The Balaban J connectivity index is 2.70. The van der Waals surface area contributed by atoms with Crippen LogP contribution in [-0.4, -0.2) is 12.6 Å². The summed E-state index contributed by atoms with van der Waals surface area (Å²) in [5.74, 6) is -0.326. The number of thiophene rings is 1. The fraction of sp³-hybridized carbons (Fsp3) is 0.375. The number of halogens is 2. The van der Waals surface area contributed by atoms with Gasteiger partial charge in [-0.25, -0.2) is 0 Å². The summed E-state index contributed by atoms with van der Waals surface area (Å²) >= 11 is 4.67. The molecule has 0 unspecified atom stereocenters. The Bertz CT molecular complexity index is 327. The summed E-state index contributed by atoms with van der Waals surface area (Å²) in [6, 6.07) is 1.74. The van der Waals surface area contributed by atoms with E-state index in [1.54, 1.807) is 13.0 Å². The monoisotopic (exact) mass is 298 g/mol. The lowest BCUT2D eigenvalue weighted by Gasteiger charge is -2.00. The highest BCUT2D eigenvalue weighted by Crippen LogP contribution is 2.35. The third-order valence-corrected chi connectivity index (χ3v) is 3.77. The molecule has 0 aliphatic rings. The molecule has 1 aromatic heterocycles. The molecule has 0 atom stereocenters. The van der Waals surface area contributed by atoms with Crippen LogP contribution in [0.5, 0.6) is 0 Å². The molecule has 1 aromatic rings. The van der Waals surface area contributed by atoms with Crippen LogP contribution < -0.4 is 0 Å². The van der Waals surface area contributed by atoms with Gasteiger partial charge in [0.1, 0.15) is 0 Å². The van der Waals surface area contributed by atoms with Crippen molar-refractivity contribution in [2.45, 2.75) is 17.6 Å². The van der Waals surface area contributed by atoms with Crippen molar-refractivity contribution in [2.24, 2.45) is 0 Å². The fourth-order valence-electron chi connectivity index (χ4n) is 0.935. The smallest absolute Gasteiger partial charge is 0.310 e. The molecule has 0 aliphatic heterocycles. The van der Waals surface area contributed by atoms with Crippen molar-refractivity contribution in [1.82, 2.24) is 0 Å². The van der Waals surface area contributed by atoms with Crippen molar-refractivity contribution in [1.29, 1.82) is 0 Å². The second-order valence-electron chi connectivity index (χ2n) is 2.42. The molecule has 78 valence electrons. The fourth-order valence-corrected chi connectivity index (χ4v) is 3.28. The van der Waals surface area contributed by atoms with Gasteiger partial charge in [0.2, 0.25) is 0 Å². The molecule has 0 saturated carbocycles. The molecule has 0 amide bonds. The Morgan fingerprint density at radius 2 is 2.50 bits per heavy atom. The molecular formula is C8H8BrFO2S2. The number of hydrogen-bond acceptors (Lipinski definition) is 4. The molecule has 14 heavy (non-hydrogen) atoms. The lowest BCUT2D eigenvalue weighted by Crippen LogP contribution is -2.07. The van der Waals surface area contributed by atoms with Crippen molar-refractivity contribution in [2.75, 3.05) is 6.61 Å². The van der Waals surface area contributed by atoms with E-state index in [2.05, 4.69) is 15.9 Å². The molecule has 1 rings (SSSR count). The highest BCUT2D eigenvalue weighted by atomic mass is 79.9. The Hall–Kier alpha value is -0.0700. The minimum absolute atomic E-state index is 0.127. The van der Waals surface area contributed by atoms with Gasteiger partial charge in [0.05, 0.1) is 33.2 Å². The molecule has 0 N–H and O–H groups in total. The van der Waals surface area contributed by atoms with E-state index in [-0.39, 0.29) is 24.5 Å². The molecule has 0 fully saturated rings. The first-order valence-electron chi connectivity index (χ1n) is 3.89. The largest absolute Gasteiger partial charge is 0.466 e. The maximum atomic E-state index is 12.4. The Labute approximate surface area is 98.3 Å². The number of carbonyl (C=O) groups excluding carboxylic acids is 1. The summed E-state index contributed by atoms with van der Waals surface area (Å²) < 4.78 is 18.5. The normalized spacial score (nSPS) is 10.2. The average Bonchev–Trinajstić information content (AvgIpc) is 2.46. The molecule has 0 saturated heterocycles. The number of hydrogen-bond donors (Lipinski definition) is 0. The van der Waals surface area contributed by atoms with Gasteiger partial charge < -0.3 is 4.74 Å². The van der Waals surface area contributed by atoms with Gasteiger partial charge in [0, 0.05) is 0 Å². The van der Waals surface area contributed by atoms with Crippen molar-refractivity contribution in [3.8, 4) is 0 Å². The molecule has 0 radical (unpaired) electrons. The third kappa shape index (κ3) is 3.25. The lowest BCUT2D eigenvalue weighted by molar-refractivity contribution is -0.142. The predicted octanol–water partition coefficient (Wildman–Crippen LogP) is 3.59. The van der Waals surface area contributed by atoms with Crippen LogP contribution in [0.15, 0.2) is 14.1 Å². The van der Waals surface area contributed by atoms with Gasteiger partial charge in [-0.3, -0.25) is 4.79 Å². The topological polar surface area (TPSA) is 26.3 Å². The maximum absolute atomic E-state index is 12.4. The zero-order chi connectivity index (χ0) is 10.6. The first-order chi connectivity index (χ1) is 6.67. The van der Waals surface area contributed by atoms with Gasteiger partial charge in [-0.1, -0.05) is 0 Å². The molecule has 6 heteroatoms. The van der Waals surface area contributed by atoms with Crippen LogP contribution in [0.3, 0.4) is 0 Å².